The number of pyridine rings is 2. The van der Waals surface area contributed by atoms with Crippen LogP contribution in [0.1, 0.15) is 31.9 Å². The molecular weight excluding hydrogens is 455 g/mol. The summed E-state index contributed by atoms with van der Waals surface area (Å²) in [6.45, 7) is 3.88. The van der Waals surface area contributed by atoms with Gasteiger partial charge in [-0.1, -0.05) is 17.7 Å². The second-order valence-electron chi connectivity index (χ2n) is 9.41. The van der Waals surface area contributed by atoms with Crippen molar-refractivity contribution in [3.05, 3.63) is 77.0 Å². The van der Waals surface area contributed by atoms with Crippen LogP contribution >= 0.6 is 11.6 Å². The number of fused-ring (bicyclic) bond motifs is 3. The molecule has 6 rings (SSSR count). The number of hydrogen-bond donors (Lipinski definition) is 1. The van der Waals surface area contributed by atoms with Crippen LogP contribution < -0.4 is 5.73 Å². The third-order valence-corrected chi connectivity index (χ3v) is 6.99. The number of benzene rings is 1. The summed E-state index contributed by atoms with van der Waals surface area (Å²) in [6.07, 6.45) is 9.03. The maximum absolute atomic E-state index is 14.8. The van der Waals surface area contributed by atoms with Gasteiger partial charge in [0.25, 0.3) is 0 Å². The normalized spacial score (nSPS) is 23.5. The maximum atomic E-state index is 14.8. The highest BCUT2D eigenvalue weighted by Gasteiger charge is 2.50. The minimum Gasteiger partial charge on any atom is -0.382 e. The van der Waals surface area contributed by atoms with Gasteiger partial charge in [0.05, 0.1) is 22.1 Å². The SMILES string of the molecule is CC1(C)O[C@@H]2[C@H](O1)C(CCc1cc(F)c3cc(Cl)c(N)nc3c1)=C[C@H]2n1ccc2cnccc21. The summed E-state index contributed by atoms with van der Waals surface area (Å²) in [5.41, 5.74) is 9.43. The number of ether oxygens (including phenoxy) is 2. The first-order chi connectivity index (χ1) is 16.3. The molecule has 2 aliphatic rings. The number of aryl methyl sites for hydroxylation is 1. The van der Waals surface area contributed by atoms with Crippen LogP contribution in [0.3, 0.4) is 0 Å². The van der Waals surface area contributed by atoms with Gasteiger partial charge in [-0.15, -0.1) is 0 Å². The van der Waals surface area contributed by atoms with Crippen molar-refractivity contribution in [3.63, 3.8) is 0 Å². The van der Waals surface area contributed by atoms with Gasteiger partial charge in [-0.2, -0.15) is 0 Å². The number of hydrogen-bond acceptors (Lipinski definition) is 5. The standard InChI is InChI=1S/C26H24ClFN4O2/c1-26(2)33-23-15(4-3-14-9-19(28)17-12-18(27)25(29)31-20(17)10-14)11-22(24(23)34-26)32-8-6-16-13-30-7-5-21(16)32/h5-13,22-24H,3-4H2,1-2H3,(H2,29,31)/t22-,23-,24+/m1/s1. The van der Waals surface area contributed by atoms with Gasteiger partial charge in [0.1, 0.15) is 23.8 Å². The molecule has 2 N–H and O–H groups in total. The predicted molar refractivity (Wildman–Crippen MR) is 130 cm³/mol. The average molecular weight is 479 g/mol. The summed E-state index contributed by atoms with van der Waals surface area (Å²) in [7, 11) is 0. The Morgan fingerprint density at radius 2 is 2.03 bits per heavy atom. The summed E-state index contributed by atoms with van der Waals surface area (Å²) in [6, 6.07) is 9.02. The summed E-state index contributed by atoms with van der Waals surface area (Å²) < 4.78 is 29.6. The Hall–Kier alpha value is -3.00. The molecule has 0 unspecified atom stereocenters. The van der Waals surface area contributed by atoms with Crippen molar-refractivity contribution in [2.24, 2.45) is 0 Å². The van der Waals surface area contributed by atoms with E-state index in [4.69, 9.17) is 26.8 Å². The lowest BCUT2D eigenvalue weighted by Gasteiger charge is -2.22. The van der Waals surface area contributed by atoms with Crippen molar-refractivity contribution in [2.45, 2.75) is 50.7 Å². The Kier molecular flexibility index (Phi) is 4.92. The van der Waals surface area contributed by atoms with Gasteiger partial charge < -0.3 is 19.8 Å². The lowest BCUT2D eigenvalue weighted by molar-refractivity contribution is -0.147. The van der Waals surface area contributed by atoms with E-state index in [2.05, 4.69) is 32.9 Å². The first kappa shape index (κ1) is 21.5. The molecule has 0 amide bonds. The zero-order valence-corrected chi connectivity index (χ0v) is 19.6. The van der Waals surface area contributed by atoms with E-state index in [1.807, 2.05) is 32.2 Å². The van der Waals surface area contributed by atoms with Crippen molar-refractivity contribution in [3.8, 4) is 0 Å². The van der Waals surface area contributed by atoms with Crippen LogP contribution in [0.4, 0.5) is 10.2 Å². The molecule has 1 saturated heterocycles. The van der Waals surface area contributed by atoms with Crippen molar-refractivity contribution in [1.82, 2.24) is 14.5 Å². The first-order valence-corrected chi connectivity index (χ1v) is 11.7. The molecule has 174 valence electrons. The zero-order chi connectivity index (χ0) is 23.6. The van der Waals surface area contributed by atoms with Crippen LogP contribution in [0, 0.1) is 5.82 Å². The largest absolute Gasteiger partial charge is 0.382 e. The lowest BCUT2D eigenvalue weighted by atomic mass is 10.0. The van der Waals surface area contributed by atoms with Gasteiger partial charge in [-0.3, -0.25) is 4.98 Å². The van der Waals surface area contributed by atoms with E-state index in [0.717, 1.165) is 22.0 Å². The fourth-order valence-electron chi connectivity index (χ4n) is 5.17. The number of nitrogen functional groups attached to an aromatic ring is 1. The molecule has 1 fully saturated rings. The molecule has 3 atom stereocenters. The first-order valence-electron chi connectivity index (χ1n) is 11.3. The Morgan fingerprint density at radius 3 is 2.88 bits per heavy atom. The molecule has 1 aliphatic carbocycles. The molecule has 4 aromatic rings. The van der Waals surface area contributed by atoms with Crippen LogP contribution in [0.15, 0.2) is 60.6 Å². The van der Waals surface area contributed by atoms with Crippen molar-refractivity contribution in [2.75, 3.05) is 5.73 Å². The number of nitrogens with zero attached hydrogens (tertiary/aromatic N) is 3. The van der Waals surface area contributed by atoms with E-state index in [9.17, 15) is 4.39 Å². The molecule has 1 aromatic carbocycles. The molecule has 8 heteroatoms. The average Bonchev–Trinajstić information content (AvgIpc) is 3.44. The van der Waals surface area contributed by atoms with Crippen molar-refractivity contribution >= 4 is 39.2 Å². The topological polar surface area (TPSA) is 75.2 Å². The van der Waals surface area contributed by atoms with Crippen molar-refractivity contribution < 1.29 is 13.9 Å². The smallest absolute Gasteiger partial charge is 0.164 e. The van der Waals surface area contributed by atoms with E-state index in [-0.39, 0.29) is 34.9 Å². The highest BCUT2D eigenvalue weighted by Crippen LogP contribution is 2.45. The number of halogens is 2. The third kappa shape index (κ3) is 3.55. The summed E-state index contributed by atoms with van der Waals surface area (Å²) >= 11 is 6.02. The molecule has 0 spiro atoms. The Morgan fingerprint density at radius 1 is 1.18 bits per heavy atom. The van der Waals surface area contributed by atoms with Crippen LogP contribution in [-0.2, 0) is 15.9 Å². The van der Waals surface area contributed by atoms with E-state index in [1.54, 1.807) is 12.3 Å². The number of anilines is 1. The minimum absolute atomic E-state index is 0.00128. The molecule has 6 nitrogen and oxygen atoms in total. The molecule has 4 heterocycles. The van der Waals surface area contributed by atoms with E-state index in [0.29, 0.717) is 23.7 Å². The quantitative estimate of drug-likeness (QED) is 0.387. The minimum atomic E-state index is -0.673. The fraction of sp³-hybridized carbons (Fsp3) is 0.308. The lowest BCUT2D eigenvalue weighted by Crippen LogP contribution is -2.27. The van der Waals surface area contributed by atoms with Gasteiger partial charge in [0.15, 0.2) is 5.79 Å². The van der Waals surface area contributed by atoms with Gasteiger partial charge >= 0.3 is 0 Å². The van der Waals surface area contributed by atoms with Crippen LogP contribution in [0.25, 0.3) is 21.8 Å². The van der Waals surface area contributed by atoms with E-state index >= 15 is 0 Å². The van der Waals surface area contributed by atoms with E-state index in [1.165, 1.54) is 6.07 Å². The molecule has 0 saturated carbocycles. The van der Waals surface area contributed by atoms with Gasteiger partial charge in [-0.25, -0.2) is 9.37 Å². The third-order valence-electron chi connectivity index (χ3n) is 6.68. The van der Waals surface area contributed by atoms with Gasteiger partial charge in [0.2, 0.25) is 0 Å². The highest BCUT2D eigenvalue weighted by molar-refractivity contribution is 6.33. The molecule has 0 bridgehead atoms. The second-order valence-corrected chi connectivity index (χ2v) is 9.82. The van der Waals surface area contributed by atoms with E-state index < -0.39 is 5.79 Å². The summed E-state index contributed by atoms with van der Waals surface area (Å²) in [5.74, 6) is -0.831. The van der Waals surface area contributed by atoms with Gasteiger partial charge in [-0.05, 0) is 68.2 Å². The maximum Gasteiger partial charge on any atom is 0.164 e. The fourth-order valence-corrected chi connectivity index (χ4v) is 5.32. The molecular formula is C26H24ClFN4O2. The Labute approximate surface area is 201 Å². The van der Waals surface area contributed by atoms with Crippen LogP contribution in [0.5, 0.6) is 0 Å². The monoisotopic (exact) mass is 478 g/mol. The number of aromatic nitrogens is 3. The van der Waals surface area contributed by atoms with Crippen molar-refractivity contribution in [1.29, 1.82) is 0 Å². The van der Waals surface area contributed by atoms with Crippen LogP contribution in [-0.4, -0.2) is 32.5 Å². The highest BCUT2D eigenvalue weighted by atomic mass is 35.5. The molecule has 34 heavy (non-hydrogen) atoms. The Bertz CT molecular complexity index is 1460. The summed E-state index contributed by atoms with van der Waals surface area (Å²) in [4.78, 5) is 8.49. The predicted octanol–water partition coefficient (Wildman–Crippen LogP) is 5.59. The number of nitrogens with two attached hydrogens (primary N) is 1. The van der Waals surface area contributed by atoms with Gasteiger partial charge in [0, 0.05) is 29.4 Å². The zero-order valence-electron chi connectivity index (χ0n) is 18.8. The summed E-state index contributed by atoms with van der Waals surface area (Å²) in [5, 5.41) is 1.70. The molecule has 0 radical (unpaired) electrons. The number of rotatable bonds is 4. The molecule has 1 aliphatic heterocycles. The van der Waals surface area contributed by atoms with Crippen LogP contribution in [0.2, 0.25) is 5.02 Å². The second kappa shape index (κ2) is 7.77. The molecule has 3 aromatic heterocycles. The Balaban J connectivity index is 1.32.